The van der Waals surface area contributed by atoms with E-state index in [-0.39, 0.29) is 18.1 Å². The number of aliphatic hydroxyl groups is 2. The van der Waals surface area contributed by atoms with Crippen molar-refractivity contribution in [3.05, 3.63) is 59.2 Å². The van der Waals surface area contributed by atoms with Gasteiger partial charge in [-0.15, -0.1) is 0 Å². The molecule has 0 amide bonds. The first-order valence-electron chi connectivity index (χ1n) is 8.54. The fourth-order valence-corrected chi connectivity index (χ4v) is 3.02. The molecule has 26 heavy (non-hydrogen) atoms. The summed E-state index contributed by atoms with van der Waals surface area (Å²) in [5.74, 6) is 0.269. The van der Waals surface area contributed by atoms with E-state index in [1.807, 2.05) is 18.0 Å². The van der Waals surface area contributed by atoms with Crippen molar-refractivity contribution in [1.82, 2.24) is 4.90 Å². The molecule has 0 aliphatic heterocycles. The van der Waals surface area contributed by atoms with E-state index in [0.29, 0.717) is 25.1 Å². The average Bonchev–Trinajstić information content (AvgIpc) is 2.62. The van der Waals surface area contributed by atoms with E-state index < -0.39 is 12.1 Å². The van der Waals surface area contributed by atoms with Crippen molar-refractivity contribution in [2.75, 3.05) is 27.3 Å². The molecule has 2 aromatic rings. The highest BCUT2D eigenvalue weighted by Gasteiger charge is 2.24. The largest absolute Gasteiger partial charge is 0.508 e. The monoisotopic (exact) mass is 361 g/mol. The van der Waals surface area contributed by atoms with Crippen LogP contribution in [0.4, 0.5) is 0 Å². The van der Waals surface area contributed by atoms with Gasteiger partial charge in [-0.05, 0) is 54.4 Å². The molecule has 0 aliphatic rings. The van der Waals surface area contributed by atoms with Crippen molar-refractivity contribution in [2.45, 2.75) is 25.2 Å². The van der Waals surface area contributed by atoms with Crippen molar-refractivity contribution in [3.63, 3.8) is 0 Å². The third-order valence-electron chi connectivity index (χ3n) is 4.55. The Morgan fingerprint density at radius 1 is 1.04 bits per heavy atom. The van der Waals surface area contributed by atoms with Gasteiger partial charge < -0.3 is 25.2 Å². The van der Waals surface area contributed by atoms with Gasteiger partial charge in [0.1, 0.15) is 11.5 Å². The van der Waals surface area contributed by atoms with Gasteiger partial charge in [0.25, 0.3) is 0 Å². The number of hydrogen-bond acceptors (Lipinski definition) is 6. The molecule has 0 saturated carbocycles. The number of likely N-dealkylation sites (N-methyl/N-ethyl adjacent to an activating group) is 1. The number of ether oxygens (including phenoxy) is 1. The standard InChI is InChI=1S/C20H27NO5/c1-21(9-8-14-10-18(24)7-6-16(14)13-26-2)19(12-22)20(25)15-4-3-5-17(23)11-15/h3-7,10-11,19-20,22-25H,8-9,12-13H2,1-2H3/t19-,20+/m0/s1. The van der Waals surface area contributed by atoms with Crippen molar-refractivity contribution < 1.29 is 25.2 Å². The quantitative estimate of drug-likeness (QED) is 0.544. The zero-order valence-electron chi connectivity index (χ0n) is 15.2. The highest BCUT2D eigenvalue weighted by Crippen LogP contribution is 2.24. The molecule has 0 saturated heterocycles. The van der Waals surface area contributed by atoms with Crippen LogP contribution in [-0.2, 0) is 17.8 Å². The van der Waals surface area contributed by atoms with Gasteiger partial charge in [0, 0.05) is 13.7 Å². The van der Waals surface area contributed by atoms with Gasteiger partial charge in [-0.1, -0.05) is 18.2 Å². The lowest BCUT2D eigenvalue weighted by molar-refractivity contribution is 0.0276. The molecule has 0 bridgehead atoms. The molecule has 0 aromatic heterocycles. The van der Waals surface area contributed by atoms with E-state index in [1.54, 1.807) is 31.4 Å². The summed E-state index contributed by atoms with van der Waals surface area (Å²) in [6.07, 6.45) is -0.299. The van der Waals surface area contributed by atoms with E-state index in [1.165, 1.54) is 12.1 Å². The zero-order chi connectivity index (χ0) is 19.1. The van der Waals surface area contributed by atoms with E-state index in [4.69, 9.17) is 4.74 Å². The molecular formula is C20H27NO5. The molecule has 2 rings (SSSR count). The molecule has 142 valence electrons. The SMILES string of the molecule is COCc1ccc(O)cc1CCN(C)[C@@H](CO)[C@H](O)c1cccc(O)c1. The van der Waals surface area contributed by atoms with Crippen LogP contribution < -0.4 is 0 Å². The molecule has 0 spiro atoms. The van der Waals surface area contributed by atoms with Crippen molar-refractivity contribution in [3.8, 4) is 11.5 Å². The summed E-state index contributed by atoms with van der Waals surface area (Å²) >= 11 is 0. The van der Waals surface area contributed by atoms with E-state index in [0.717, 1.165) is 11.1 Å². The zero-order valence-corrected chi connectivity index (χ0v) is 15.2. The Hall–Kier alpha value is -2.12. The lowest BCUT2D eigenvalue weighted by Crippen LogP contribution is -2.40. The van der Waals surface area contributed by atoms with Crippen LogP contribution in [-0.4, -0.2) is 58.7 Å². The second kappa shape index (κ2) is 9.54. The highest BCUT2D eigenvalue weighted by atomic mass is 16.5. The van der Waals surface area contributed by atoms with Crippen molar-refractivity contribution >= 4 is 0 Å². The molecule has 0 unspecified atom stereocenters. The van der Waals surface area contributed by atoms with Gasteiger partial charge in [-0.25, -0.2) is 0 Å². The van der Waals surface area contributed by atoms with Gasteiger partial charge >= 0.3 is 0 Å². The first-order chi connectivity index (χ1) is 12.5. The topological polar surface area (TPSA) is 93.4 Å². The van der Waals surface area contributed by atoms with Gasteiger partial charge in [0.05, 0.1) is 25.4 Å². The summed E-state index contributed by atoms with van der Waals surface area (Å²) < 4.78 is 5.19. The van der Waals surface area contributed by atoms with Gasteiger partial charge in [0.15, 0.2) is 0 Å². The number of aromatic hydroxyl groups is 2. The molecule has 6 heteroatoms. The smallest absolute Gasteiger partial charge is 0.115 e. The van der Waals surface area contributed by atoms with Crippen LogP contribution in [0.2, 0.25) is 0 Å². The van der Waals surface area contributed by atoms with Crippen LogP contribution in [0.1, 0.15) is 22.8 Å². The van der Waals surface area contributed by atoms with Crippen LogP contribution in [0.25, 0.3) is 0 Å². The summed E-state index contributed by atoms with van der Waals surface area (Å²) in [6, 6.07) is 11.1. The Bertz CT molecular complexity index is 706. The lowest BCUT2D eigenvalue weighted by atomic mass is 10.00. The first kappa shape index (κ1) is 20.2. The highest BCUT2D eigenvalue weighted by molar-refractivity contribution is 5.35. The maximum Gasteiger partial charge on any atom is 0.115 e. The number of methoxy groups -OCH3 is 1. The predicted octanol–water partition coefficient (Wildman–Crippen LogP) is 1.81. The van der Waals surface area contributed by atoms with E-state index >= 15 is 0 Å². The Kier molecular flexibility index (Phi) is 7.41. The minimum atomic E-state index is -0.931. The van der Waals surface area contributed by atoms with Gasteiger partial charge in [-0.3, -0.25) is 4.90 Å². The molecule has 0 radical (unpaired) electrons. The fourth-order valence-electron chi connectivity index (χ4n) is 3.02. The summed E-state index contributed by atoms with van der Waals surface area (Å²) in [5.41, 5.74) is 2.50. The Labute approximate surface area is 153 Å². The number of aliphatic hydroxyl groups excluding tert-OH is 2. The number of phenols is 2. The molecule has 2 atom stereocenters. The Balaban J connectivity index is 2.07. The van der Waals surface area contributed by atoms with Gasteiger partial charge in [0.2, 0.25) is 0 Å². The molecule has 0 aliphatic carbocycles. The minimum absolute atomic E-state index is 0.0739. The fraction of sp³-hybridized carbons (Fsp3) is 0.400. The third-order valence-corrected chi connectivity index (χ3v) is 4.55. The summed E-state index contributed by atoms with van der Waals surface area (Å²) in [4.78, 5) is 1.87. The first-order valence-corrected chi connectivity index (χ1v) is 8.54. The Morgan fingerprint density at radius 3 is 2.42 bits per heavy atom. The molecular weight excluding hydrogens is 334 g/mol. The summed E-state index contributed by atoms with van der Waals surface area (Å²) in [5, 5.41) is 39.7. The summed E-state index contributed by atoms with van der Waals surface area (Å²) in [7, 11) is 3.45. The predicted molar refractivity (Wildman–Crippen MR) is 99.1 cm³/mol. The van der Waals surface area contributed by atoms with E-state index in [2.05, 4.69) is 0 Å². The van der Waals surface area contributed by atoms with Crippen LogP contribution in [0, 0.1) is 0 Å². The van der Waals surface area contributed by atoms with Crippen molar-refractivity contribution in [1.29, 1.82) is 0 Å². The molecule has 2 aromatic carbocycles. The number of benzene rings is 2. The number of nitrogens with zero attached hydrogens (tertiary/aromatic N) is 1. The second-order valence-electron chi connectivity index (χ2n) is 6.41. The van der Waals surface area contributed by atoms with Gasteiger partial charge in [-0.2, -0.15) is 0 Å². The third kappa shape index (κ3) is 5.19. The number of hydrogen-bond donors (Lipinski definition) is 4. The number of phenolic OH excluding ortho intramolecular Hbond substituents is 2. The van der Waals surface area contributed by atoms with Crippen LogP contribution in [0.3, 0.4) is 0 Å². The molecule has 0 heterocycles. The van der Waals surface area contributed by atoms with Crippen LogP contribution in [0.5, 0.6) is 11.5 Å². The second-order valence-corrected chi connectivity index (χ2v) is 6.41. The minimum Gasteiger partial charge on any atom is -0.508 e. The molecule has 6 nitrogen and oxygen atoms in total. The average molecular weight is 361 g/mol. The lowest BCUT2D eigenvalue weighted by Gasteiger charge is -2.31. The maximum atomic E-state index is 10.6. The van der Waals surface area contributed by atoms with Crippen LogP contribution in [0.15, 0.2) is 42.5 Å². The molecule has 0 fully saturated rings. The Morgan fingerprint density at radius 2 is 1.77 bits per heavy atom. The molecule has 4 N–H and O–H groups in total. The normalized spacial score (nSPS) is 13.7. The van der Waals surface area contributed by atoms with Crippen LogP contribution >= 0.6 is 0 Å². The maximum absolute atomic E-state index is 10.6. The van der Waals surface area contributed by atoms with Crippen molar-refractivity contribution in [2.24, 2.45) is 0 Å². The van der Waals surface area contributed by atoms with E-state index in [9.17, 15) is 20.4 Å². The number of rotatable bonds is 9. The summed E-state index contributed by atoms with van der Waals surface area (Å²) in [6.45, 7) is 0.800.